The molecule has 0 saturated carbocycles. The molecule has 0 saturated heterocycles. The lowest BCUT2D eigenvalue weighted by Crippen LogP contribution is -2.08. The number of pyridine rings is 1. The van der Waals surface area contributed by atoms with Crippen LogP contribution in [0.25, 0.3) is 0 Å². The minimum atomic E-state index is -1.08. The SMILES string of the molecule is Cc1c(CNc2ccncc2C(=O)O)cccc1[N+](=O)[O-]. The van der Waals surface area contributed by atoms with Crippen LogP contribution in [0.15, 0.2) is 36.7 Å². The number of carboxylic acid groups (broad SMARTS) is 1. The summed E-state index contributed by atoms with van der Waals surface area (Å²) in [6.07, 6.45) is 2.74. The van der Waals surface area contributed by atoms with Crippen molar-refractivity contribution in [3.63, 3.8) is 0 Å². The Morgan fingerprint density at radius 3 is 2.86 bits per heavy atom. The molecule has 108 valence electrons. The Balaban J connectivity index is 2.23. The Morgan fingerprint density at radius 1 is 1.43 bits per heavy atom. The minimum Gasteiger partial charge on any atom is -0.478 e. The van der Waals surface area contributed by atoms with Crippen LogP contribution < -0.4 is 5.32 Å². The maximum atomic E-state index is 11.1. The van der Waals surface area contributed by atoms with Gasteiger partial charge in [0.1, 0.15) is 5.56 Å². The lowest BCUT2D eigenvalue weighted by molar-refractivity contribution is -0.385. The van der Waals surface area contributed by atoms with Crippen molar-refractivity contribution in [2.45, 2.75) is 13.5 Å². The summed E-state index contributed by atoms with van der Waals surface area (Å²) in [7, 11) is 0. The zero-order valence-electron chi connectivity index (χ0n) is 11.2. The number of nitro benzene ring substituents is 1. The molecular weight excluding hydrogens is 274 g/mol. The molecule has 0 spiro atoms. The summed E-state index contributed by atoms with van der Waals surface area (Å²) in [6.45, 7) is 1.96. The van der Waals surface area contributed by atoms with E-state index in [-0.39, 0.29) is 17.8 Å². The van der Waals surface area contributed by atoms with Gasteiger partial charge in [-0.1, -0.05) is 12.1 Å². The van der Waals surface area contributed by atoms with E-state index in [1.807, 2.05) is 0 Å². The van der Waals surface area contributed by atoms with Gasteiger partial charge in [-0.15, -0.1) is 0 Å². The number of nitro groups is 1. The molecule has 21 heavy (non-hydrogen) atoms. The summed E-state index contributed by atoms with van der Waals surface area (Å²) in [4.78, 5) is 25.3. The van der Waals surface area contributed by atoms with Gasteiger partial charge in [0.05, 0.1) is 10.6 Å². The van der Waals surface area contributed by atoms with Crippen LogP contribution >= 0.6 is 0 Å². The second kappa shape index (κ2) is 6.00. The highest BCUT2D eigenvalue weighted by Crippen LogP contribution is 2.22. The normalized spacial score (nSPS) is 10.1. The number of nitrogens with one attached hydrogen (secondary N) is 1. The Hall–Kier alpha value is -2.96. The van der Waals surface area contributed by atoms with Crippen molar-refractivity contribution in [2.24, 2.45) is 0 Å². The van der Waals surface area contributed by atoms with Crippen molar-refractivity contribution in [3.8, 4) is 0 Å². The van der Waals surface area contributed by atoms with E-state index in [0.717, 1.165) is 5.56 Å². The van der Waals surface area contributed by atoms with Crippen LogP contribution in [0.1, 0.15) is 21.5 Å². The highest BCUT2D eigenvalue weighted by atomic mass is 16.6. The van der Waals surface area contributed by atoms with Gasteiger partial charge in [-0.3, -0.25) is 15.1 Å². The first-order chi connectivity index (χ1) is 10.0. The largest absolute Gasteiger partial charge is 0.478 e. The number of hydrogen-bond donors (Lipinski definition) is 2. The van der Waals surface area contributed by atoms with Crippen molar-refractivity contribution in [1.29, 1.82) is 0 Å². The number of rotatable bonds is 5. The van der Waals surface area contributed by atoms with Crippen molar-refractivity contribution in [1.82, 2.24) is 4.98 Å². The molecule has 0 aliphatic carbocycles. The summed E-state index contributed by atoms with van der Waals surface area (Å²) in [5.41, 5.74) is 1.81. The Kier molecular flexibility index (Phi) is 4.13. The Morgan fingerprint density at radius 2 is 2.19 bits per heavy atom. The predicted molar refractivity (Wildman–Crippen MR) is 76.4 cm³/mol. The molecule has 2 rings (SSSR count). The molecule has 0 radical (unpaired) electrons. The van der Waals surface area contributed by atoms with Crippen molar-refractivity contribution in [3.05, 3.63) is 63.5 Å². The van der Waals surface area contributed by atoms with E-state index in [2.05, 4.69) is 10.3 Å². The van der Waals surface area contributed by atoms with Crippen LogP contribution in [0, 0.1) is 17.0 Å². The van der Waals surface area contributed by atoms with Gasteiger partial charge in [0, 0.05) is 30.6 Å². The smallest absolute Gasteiger partial charge is 0.339 e. The second-order valence-electron chi connectivity index (χ2n) is 4.40. The Labute approximate surface area is 120 Å². The average Bonchev–Trinajstić information content (AvgIpc) is 2.46. The molecule has 0 fully saturated rings. The lowest BCUT2D eigenvalue weighted by Gasteiger charge is -2.11. The minimum absolute atomic E-state index is 0.0440. The molecule has 1 aromatic heterocycles. The molecule has 0 unspecified atom stereocenters. The van der Waals surface area contributed by atoms with Crippen LogP contribution in [-0.4, -0.2) is 21.0 Å². The number of hydrogen-bond acceptors (Lipinski definition) is 5. The van der Waals surface area contributed by atoms with Gasteiger partial charge in [0.15, 0.2) is 0 Å². The molecule has 0 amide bonds. The van der Waals surface area contributed by atoms with E-state index in [9.17, 15) is 14.9 Å². The van der Waals surface area contributed by atoms with Crippen LogP contribution in [0.3, 0.4) is 0 Å². The summed E-state index contributed by atoms with van der Waals surface area (Å²) in [5, 5.41) is 22.9. The maximum Gasteiger partial charge on any atom is 0.339 e. The predicted octanol–water partition coefficient (Wildman–Crippen LogP) is 2.61. The zero-order valence-corrected chi connectivity index (χ0v) is 11.2. The molecule has 7 heteroatoms. The molecule has 0 bridgehead atoms. The number of benzene rings is 1. The average molecular weight is 287 g/mol. The maximum absolute atomic E-state index is 11.1. The van der Waals surface area contributed by atoms with Gasteiger partial charge in [-0.2, -0.15) is 0 Å². The summed E-state index contributed by atoms with van der Waals surface area (Å²) in [5.74, 6) is -1.08. The van der Waals surface area contributed by atoms with Crippen molar-refractivity contribution >= 4 is 17.3 Å². The third-order valence-corrected chi connectivity index (χ3v) is 3.13. The molecule has 0 aliphatic rings. The van der Waals surface area contributed by atoms with E-state index >= 15 is 0 Å². The highest BCUT2D eigenvalue weighted by molar-refractivity contribution is 5.93. The van der Waals surface area contributed by atoms with Crippen LogP contribution in [0.2, 0.25) is 0 Å². The number of aromatic nitrogens is 1. The first kappa shape index (κ1) is 14.4. The van der Waals surface area contributed by atoms with Gasteiger partial charge < -0.3 is 10.4 Å². The van der Waals surface area contributed by atoms with Crippen LogP contribution in [0.4, 0.5) is 11.4 Å². The van der Waals surface area contributed by atoms with Gasteiger partial charge in [-0.05, 0) is 18.6 Å². The summed E-state index contributed by atoms with van der Waals surface area (Å²) in [6, 6.07) is 6.36. The quantitative estimate of drug-likeness (QED) is 0.646. The molecule has 0 aliphatic heterocycles. The lowest BCUT2D eigenvalue weighted by atomic mass is 10.1. The molecule has 2 aromatic rings. The van der Waals surface area contributed by atoms with E-state index < -0.39 is 10.9 Å². The fourth-order valence-corrected chi connectivity index (χ4v) is 1.97. The Bertz CT molecular complexity index is 700. The highest BCUT2D eigenvalue weighted by Gasteiger charge is 2.14. The summed E-state index contributed by atoms with van der Waals surface area (Å²) < 4.78 is 0. The molecule has 1 aromatic carbocycles. The fraction of sp³-hybridized carbons (Fsp3) is 0.143. The molecular formula is C14H13N3O4. The molecule has 1 heterocycles. The first-order valence-corrected chi connectivity index (χ1v) is 6.14. The van der Waals surface area contributed by atoms with Gasteiger partial charge in [0.2, 0.25) is 0 Å². The topological polar surface area (TPSA) is 105 Å². The fourth-order valence-electron chi connectivity index (χ4n) is 1.97. The van der Waals surface area contributed by atoms with Crippen LogP contribution in [0.5, 0.6) is 0 Å². The zero-order chi connectivity index (χ0) is 15.4. The number of carbonyl (C=O) groups is 1. The monoisotopic (exact) mass is 287 g/mol. The van der Waals surface area contributed by atoms with Crippen molar-refractivity contribution in [2.75, 3.05) is 5.32 Å². The third kappa shape index (κ3) is 3.14. The van der Waals surface area contributed by atoms with Crippen molar-refractivity contribution < 1.29 is 14.8 Å². The van der Waals surface area contributed by atoms with E-state index in [1.165, 1.54) is 18.5 Å². The van der Waals surface area contributed by atoms with E-state index in [1.54, 1.807) is 25.1 Å². The number of nitrogens with zero attached hydrogens (tertiary/aromatic N) is 2. The second-order valence-corrected chi connectivity index (χ2v) is 4.40. The molecule has 7 nitrogen and oxygen atoms in total. The number of carboxylic acids is 1. The first-order valence-electron chi connectivity index (χ1n) is 6.14. The van der Waals surface area contributed by atoms with Gasteiger partial charge >= 0.3 is 5.97 Å². The van der Waals surface area contributed by atoms with Gasteiger partial charge in [0.25, 0.3) is 5.69 Å². The number of aromatic carboxylic acids is 1. The third-order valence-electron chi connectivity index (χ3n) is 3.13. The molecule has 2 N–H and O–H groups in total. The van der Waals surface area contributed by atoms with E-state index in [0.29, 0.717) is 11.3 Å². The van der Waals surface area contributed by atoms with Gasteiger partial charge in [-0.25, -0.2) is 4.79 Å². The van der Waals surface area contributed by atoms with E-state index in [4.69, 9.17) is 5.11 Å². The van der Waals surface area contributed by atoms with Crippen LogP contribution in [-0.2, 0) is 6.54 Å². The summed E-state index contributed by atoms with van der Waals surface area (Å²) >= 11 is 0. The number of anilines is 1. The standard InChI is InChI=1S/C14H13N3O4/c1-9-10(3-2-4-13(9)17(20)21)7-16-12-5-6-15-8-11(12)14(18)19/h2-6,8H,7H2,1H3,(H,15,16)(H,18,19). The molecule has 0 atom stereocenters.